The number of aliphatic imine (C=N–C) groups is 1. The number of imidazole rings is 1. The fraction of sp³-hybridized carbons (Fsp3) is 0.200. The summed E-state index contributed by atoms with van der Waals surface area (Å²) in [5.74, 6) is 2.43. The summed E-state index contributed by atoms with van der Waals surface area (Å²) < 4.78 is 5.20. The molecule has 4 nitrogen and oxygen atoms in total. The molecule has 102 valence electrons. The van der Waals surface area contributed by atoms with Crippen molar-refractivity contribution in [1.29, 1.82) is 0 Å². The molecule has 0 aliphatic carbocycles. The summed E-state index contributed by atoms with van der Waals surface area (Å²) in [4.78, 5) is 13.2. The zero-order valence-electron chi connectivity index (χ0n) is 11.2. The van der Waals surface area contributed by atoms with Crippen LogP contribution in [-0.4, -0.2) is 21.9 Å². The number of furan rings is 1. The molecule has 0 unspecified atom stereocenters. The van der Waals surface area contributed by atoms with Crippen molar-refractivity contribution in [3.05, 3.63) is 42.4 Å². The Morgan fingerprint density at radius 3 is 3.15 bits per heavy atom. The van der Waals surface area contributed by atoms with E-state index in [-0.39, 0.29) is 0 Å². The lowest BCUT2D eigenvalue weighted by atomic mass is 10.3. The van der Waals surface area contributed by atoms with Crippen LogP contribution in [0.1, 0.15) is 19.1 Å². The van der Waals surface area contributed by atoms with Crippen LogP contribution in [0.3, 0.4) is 0 Å². The van der Waals surface area contributed by atoms with Crippen molar-refractivity contribution >= 4 is 35.0 Å². The molecular weight excluding hydrogens is 270 g/mol. The van der Waals surface area contributed by atoms with Crippen molar-refractivity contribution in [1.82, 2.24) is 9.97 Å². The monoisotopic (exact) mass is 285 g/mol. The number of nitrogens with zero attached hydrogens (tertiary/aromatic N) is 2. The Labute approximate surface area is 121 Å². The number of H-pyrrole nitrogens is 1. The highest BCUT2D eigenvalue weighted by Crippen LogP contribution is 2.24. The SMILES string of the molecule is CCCSc1ccc2nc(/N=C/c3ccco3)[nH]c2c1. The maximum Gasteiger partial charge on any atom is 0.227 e. The van der Waals surface area contributed by atoms with Gasteiger partial charge in [0.25, 0.3) is 0 Å². The minimum Gasteiger partial charge on any atom is -0.463 e. The van der Waals surface area contributed by atoms with Gasteiger partial charge in [-0.25, -0.2) is 9.98 Å². The third-order valence-corrected chi connectivity index (χ3v) is 3.97. The average Bonchev–Trinajstić information content (AvgIpc) is 3.11. The van der Waals surface area contributed by atoms with Gasteiger partial charge in [0, 0.05) is 4.90 Å². The van der Waals surface area contributed by atoms with E-state index < -0.39 is 0 Å². The van der Waals surface area contributed by atoms with Gasteiger partial charge in [-0.3, -0.25) is 0 Å². The fourth-order valence-corrected chi connectivity index (χ4v) is 2.64. The van der Waals surface area contributed by atoms with E-state index in [4.69, 9.17) is 4.42 Å². The number of hydrogen-bond donors (Lipinski definition) is 1. The van der Waals surface area contributed by atoms with Crippen LogP contribution < -0.4 is 0 Å². The molecule has 0 atom stereocenters. The van der Waals surface area contributed by atoms with Crippen LogP contribution in [0.15, 0.2) is 50.9 Å². The molecule has 3 rings (SSSR count). The molecule has 3 aromatic rings. The molecule has 0 bridgehead atoms. The Morgan fingerprint density at radius 2 is 2.35 bits per heavy atom. The third-order valence-electron chi connectivity index (χ3n) is 2.77. The summed E-state index contributed by atoms with van der Waals surface area (Å²) in [6.07, 6.45) is 4.45. The van der Waals surface area contributed by atoms with Crippen molar-refractivity contribution in [2.45, 2.75) is 18.2 Å². The predicted molar refractivity (Wildman–Crippen MR) is 83.1 cm³/mol. The molecule has 0 aliphatic rings. The molecule has 20 heavy (non-hydrogen) atoms. The predicted octanol–water partition coefficient (Wildman–Crippen LogP) is 4.41. The Morgan fingerprint density at radius 1 is 1.40 bits per heavy atom. The summed E-state index contributed by atoms with van der Waals surface area (Å²) in [7, 11) is 0. The first-order valence-electron chi connectivity index (χ1n) is 6.55. The van der Waals surface area contributed by atoms with Gasteiger partial charge in [0.05, 0.1) is 23.5 Å². The lowest BCUT2D eigenvalue weighted by Crippen LogP contribution is -1.76. The summed E-state index contributed by atoms with van der Waals surface area (Å²) in [5, 5.41) is 0. The van der Waals surface area contributed by atoms with Crippen LogP contribution in [0.4, 0.5) is 5.95 Å². The Balaban J connectivity index is 1.83. The first-order valence-corrected chi connectivity index (χ1v) is 7.54. The van der Waals surface area contributed by atoms with Crippen molar-refractivity contribution in [2.24, 2.45) is 4.99 Å². The molecule has 1 N–H and O–H groups in total. The number of fused-ring (bicyclic) bond motifs is 1. The first kappa shape index (κ1) is 13.0. The Bertz CT molecular complexity index is 716. The van der Waals surface area contributed by atoms with E-state index in [0.717, 1.165) is 16.8 Å². The van der Waals surface area contributed by atoms with E-state index in [2.05, 4.69) is 34.0 Å². The Hall–Kier alpha value is -2.01. The molecular formula is C15H15N3OS. The van der Waals surface area contributed by atoms with Gasteiger partial charge in [-0.15, -0.1) is 11.8 Å². The maximum atomic E-state index is 5.20. The molecule has 0 amide bonds. The van der Waals surface area contributed by atoms with Crippen molar-refractivity contribution in [3.8, 4) is 0 Å². The van der Waals surface area contributed by atoms with E-state index in [0.29, 0.717) is 11.7 Å². The highest BCUT2D eigenvalue weighted by Gasteiger charge is 2.03. The number of rotatable bonds is 5. The van der Waals surface area contributed by atoms with Gasteiger partial charge in [0.15, 0.2) is 0 Å². The fourth-order valence-electron chi connectivity index (χ4n) is 1.84. The van der Waals surface area contributed by atoms with Gasteiger partial charge >= 0.3 is 0 Å². The molecule has 0 aliphatic heterocycles. The molecule has 0 radical (unpaired) electrons. The standard InChI is InChI=1S/C15H15N3OS/c1-2-8-20-12-5-6-13-14(9-12)18-15(17-13)16-10-11-4-3-7-19-11/h3-7,9-10H,2,8H2,1H3,(H,17,18)/b16-10+. The van der Waals surface area contributed by atoms with E-state index in [1.54, 1.807) is 12.5 Å². The lowest BCUT2D eigenvalue weighted by Gasteiger charge is -1.98. The van der Waals surface area contributed by atoms with E-state index in [9.17, 15) is 0 Å². The zero-order chi connectivity index (χ0) is 13.8. The normalized spacial score (nSPS) is 11.7. The van der Waals surface area contributed by atoms with Crippen LogP contribution in [0.25, 0.3) is 11.0 Å². The van der Waals surface area contributed by atoms with Crippen LogP contribution in [0.2, 0.25) is 0 Å². The molecule has 5 heteroatoms. The maximum absolute atomic E-state index is 5.20. The van der Waals surface area contributed by atoms with Gasteiger partial charge in [0.1, 0.15) is 5.76 Å². The molecule has 0 spiro atoms. The van der Waals surface area contributed by atoms with Gasteiger partial charge in [-0.2, -0.15) is 0 Å². The van der Waals surface area contributed by atoms with Gasteiger partial charge in [0.2, 0.25) is 5.95 Å². The second kappa shape index (κ2) is 5.96. The van der Waals surface area contributed by atoms with Crippen LogP contribution in [0, 0.1) is 0 Å². The van der Waals surface area contributed by atoms with Crippen LogP contribution in [-0.2, 0) is 0 Å². The van der Waals surface area contributed by atoms with Gasteiger partial charge in [-0.1, -0.05) is 6.92 Å². The topological polar surface area (TPSA) is 54.2 Å². The van der Waals surface area contributed by atoms with Crippen molar-refractivity contribution in [3.63, 3.8) is 0 Å². The molecule has 0 saturated carbocycles. The quantitative estimate of drug-likeness (QED) is 0.558. The number of aromatic amines is 1. The minimum atomic E-state index is 0.592. The average molecular weight is 285 g/mol. The molecule has 2 heterocycles. The van der Waals surface area contributed by atoms with Crippen molar-refractivity contribution < 1.29 is 4.42 Å². The van der Waals surface area contributed by atoms with Gasteiger partial charge in [-0.05, 0) is 42.5 Å². The van der Waals surface area contributed by atoms with Crippen molar-refractivity contribution in [2.75, 3.05) is 5.75 Å². The number of benzene rings is 1. The number of hydrogen-bond acceptors (Lipinski definition) is 4. The molecule has 1 aromatic carbocycles. The molecule has 0 saturated heterocycles. The van der Waals surface area contributed by atoms with E-state index in [1.807, 2.05) is 30.0 Å². The zero-order valence-corrected chi connectivity index (χ0v) is 12.0. The van der Waals surface area contributed by atoms with Crippen LogP contribution >= 0.6 is 11.8 Å². The number of nitrogens with one attached hydrogen (secondary N) is 1. The first-order chi connectivity index (χ1) is 9.85. The van der Waals surface area contributed by atoms with Gasteiger partial charge < -0.3 is 9.40 Å². The summed E-state index contributed by atoms with van der Waals surface area (Å²) in [6, 6.07) is 9.93. The second-order valence-corrected chi connectivity index (χ2v) is 5.53. The summed E-state index contributed by atoms with van der Waals surface area (Å²) >= 11 is 1.85. The second-order valence-electron chi connectivity index (χ2n) is 4.36. The van der Waals surface area contributed by atoms with E-state index in [1.165, 1.54) is 11.3 Å². The summed E-state index contributed by atoms with van der Waals surface area (Å²) in [6.45, 7) is 2.18. The number of aromatic nitrogens is 2. The largest absolute Gasteiger partial charge is 0.463 e. The number of thioether (sulfide) groups is 1. The Kier molecular flexibility index (Phi) is 3.87. The lowest BCUT2D eigenvalue weighted by molar-refractivity contribution is 0.560. The van der Waals surface area contributed by atoms with E-state index >= 15 is 0 Å². The summed E-state index contributed by atoms with van der Waals surface area (Å²) in [5.41, 5.74) is 1.94. The molecule has 0 fully saturated rings. The smallest absolute Gasteiger partial charge is 0.227 e. The third kappa shape index (κ3) is 2.93. The molecule has 2 aromatic heterocycles. The highest BCUT2D eigenvalue weighted by atomic mass is 32.2. The highest BCUT2D eigenvalue weighted by molar-refractivity contribution is 7.99. The minimum absolute atomic E-state index is 0.592. The van der Waals surface area contributed by atoms with Crippen LogP contribution in [0.5, 0.6) is 0 Å².